The molecule has 0 saturated heterocycles. The van der Waals surface area contributed by atoms with Crippen LogP contribution in [-0.2, 0) is 11.2 Å². The highest BCUT2D eigenvalue weighted by atomic mass is 35.5. The van der Waals surface area contributed by atoms with Crippen LogP contribution in [-0.4, -0.2) is 27.9 Å². The molecule has 0 bridgehead atoms. The highest BCUT2D eigenvalue weighted by Crippen LogP contribution is 2.33. The van der Waals surface area contributed by atoms with E-state index in [1.165, 1.54) is 0 Å². The van der Waals surface area contributed by atoms with Gasteiger partial charge in [-0.05, 0) is 31.7 Å². The first-order valence-corrected chi connectivity index (χ1v) is 9.90. The summed E-state index contributed by atoms with van der Waals surface area (Å²) in [6.07, 6.45) is 4.70. The van der Waals surface area contributed by atoms with Crippen LogP contribution in [0.2, 0.25) is 5.02 Å². The summed E-state index contributed by atoms with van der Waals surface area (Å²) in [4.78, 5) is 19.6. The van der Waals surface area contributed by atoms with E-state index in [1.54, 1.807) is 11.3 Å². The number of rotatable bonds is 7. The number of hydrogen-bond donors (Lipinski definition) is 0. The second-order valence-corrected chi connectivity index (χ2v) is 7.57. The Bertz CT molecular complexity index is 707. The van der Waals surface area contributed by atoms with E-state index in [-0.39, 0.29) is 5.91 Å². The smallest absolute Gasteiger partial charge is 0.229 e. The van der Waals surface area contributed by atoms with Gasteiger partial charge >= 0.3 is 0 Å². The summed E-state index contributed by atoms with van der Waals surface area (Å²) in [6.45, 7) is 4.32. The van der Waals surface area contributed by atoms with Crippen LogP contribution in [0.1, 0.15) is 45.2 Å². The van der Waals surface area contributed by atoms with Crippen LogP contribution in [0.15, 0.2) is 29.6 Å². The molecule has 2 aromatic rings. The minimum atomic E-state index is 0.210. The number of amides is 1. The number of aromatic nitrogens is 1. The topological polar surface area (TPSA) is 33.2 Å². The quantitative estimate of drug-likeness (QED) is 0.679. The Morgan fingerprint density at radius 2 is 2.04 bits per heavy atom. The third kappa shape index (κ3) is 3.81. The van der Waals surface area contributed by atoms with Crippen molar-refractivity contribution in [3.05, 3.63) is 40.4 Å². The fraction of sp³-hybridized carbons (Fsp3) is 0.474. The fourth-order valence-corrected chi connectivity index (χ4v) is 4.27. The van der Waals surface area contributed by atoms with Crippen LogP contribution in [0, 0.1) is 0 Å². The molecule has 24 heavy (non-hydrogen) atoms. The molecule has 1 aliphatic rings. The van der Waals surface area contributed by atoms with E-state index in [0.717, 1.165) is 41.9 Å². The van der Waals surface area contributed by atoms with Crippen LogP contribution in [0.5, 0.6) is 0 Å². The largest absolute Gasteiger partial charge is 0.336 e. The lowest BCUT2D eigenvalue weighted by Gasteiger charge is -2.30. The molecule has 3 nitrogen and oxygen atoms in total. The zero-order valence-corrected chi connectivity index (χ0v) is 15.7. The van der Waals surface area contributed by atoms with Crippen LogP contribution in [0.25, 0.3) is 10.6 Å². The molecule has 1 fully saturated rings. The summed E-state index contributed by atoms with van der Waals surface area (Å²) in [6, 6.07) is 8.50. The van der Waals surface area contributed by atoms with E-state index < -0.39 is 0 Å². The monoisotopic (exact) mass is 362 g/mol. The Balaban J connectivity index is 1.74. The molecular weight excluding hydrogens is 340 g/mol. The number of carbonyl (C=O) groups is 1. The van der Waals surface area contributed by atoms with E-state index in [4.69, 9.17) is 11.6 Å². The average molecular weight is 363 g/mol. The van der Waals surface area contributed by atoms with Crippen molar-refractivity contribution in [3.8, 4) is 10.6 Å². The van der Waals surface area contributed by atoms with Gasteiger partial charge in [-0.2, -0.15) is 0 Å². The Hall–Kier alpha value is -1.39. The number of thiazole rings is 1. The predicted octanol–water partition coefficient (Wildman–Crippen LogP) is 5.19. The maximum Gasteiger partial charge on any atom is 0.229 e. The van der Waals surface area contributed by atoms with Gasteiger partial charge in [0.05, 0.1) is 17.1 Å². The molecule has 1 aliphatic carbocycles. The zero-order chi connectivity index (χ0) is 17.1. The van der Waals surface area contributed by atoms with E-state index in [1.807, 2.05) is 29.6 Å². The number of benzene rings is 1. The zero-order valence-electron chi connectivity index (χ0n) is 14.2. The maximum absolute atomic E-state index is 12.8. The molecule has 3 rings (SSSR count). The van der Waals surface area contributed by atoms with Gasteiger partial charge in [0.15, 0.2) is 0 Å². The second kappa shape index (κ2) is 7.66. The second-order valence-electron chi connectivity index (χ2n) is 6.30. The molecule has 1 aromatic carbocycles. The van der Waals surface area contributed by atoms with Gasteiger partial charge in [0.25, 0.3) is 0 Å². The lowest BCUT2D eigenvalue weighted by Crippen LogP contribution is -2.42. The van der Waals surface area contributed by atoms with Crippen molar-refractivity contribution in [1.29, 1.82) is 0 Å². The molecule has 0 spiro atoms. The van der Waals surface area contributed by atoms with Crippen molar-refractivity contribution in [2.24, 2.45) is 0 Å². The molecule has 5 heteroatoms. The summed E-state index contributed by atoms with van der Waals surface area (Å²) >= 11 is 7.79. The molecular formula is C19H23ClN2OS. The molecule has 1 heterocycles. The van der Waals surface area contributed by atoms with Gasteiger partial charge in [-0.25, -0.2) is 4.98 Å². The first kappa shape index (κ1) is 17.4. The first-order valence-electron chi connectivity index (χ1n) is 8.64. The van der Waals surface area contributed by atoms with Crippen LogP contribution in [0.4, 0.5) is 0 Å². The Morgan fingerprint density at radius 1 is 1.33 bits per heavy atom. The number of nitrogens with zero attached hydrogens (tertiary/aromatic N) is 2. The summed E-state index contributed by atoms with van der Waals surface area (Å²) in [5, 5.41) is 3.56. The van der Waals surface area contributed by atoms with Crippen LogP contribution in [0.3, 0.4) is 0 Å². The van der Waals surface area contributed by atoms with Gasteiger partial charge in [0.2, 0.25) is 5.91 Å². The molecule has 0 N–H and O–H groups in total. The highest BCUT2D eigenvalue weighted by molar-refractivity contribution is 7.13. The van der Waals surface area contributed by atoms with Gasteiger partial charge in [-0.3, -0.25) is 4.79 Å². The lowest BCUT2D eigenvalue weighted by molar-refractivity contribution is -0.133. The normalized spacial score (nSPS) is 14.2. The van der Waals surface area contributed by atoms with E-state index in [2.05, 4.69) is 23.7 Å². The maximum atomic E-state index is 12.8. The molecule has 128 valence electrons. The molecule has 1 saturated carbocycles. The summed E-state index contributed by atoms with van der Waals surface area (Å²) in [7, 11) is 0. The lowest BCUT2D eigenvalue weighted by atomic mass is 10.1. The third-order valence-electron chi connectivity index (χ3n) is 4.55. The summed E-state index contributed by atoms with van der Waals surface area (Å²) < 4.78 is 0. The average Bonchev–Trinajstić information content (AvgIpc) is 3.31. The summed E-state index contributed by atoms with van der Waals surface area (Å²) in [5.41, 5.74) is 1.78. The van der Waals surface area contributed by atoms with Crippen molar-refractivity contribution >= 4 is 28.8 Å². The van der Waals surface area contributed by atoms with Gasteiger partial charge < -0.3 is 4.90 Å². The molecule has 0 atom stereocenters. The highest BCUT2D eigenvalue weighted by Gasteiger charge is 2.36. The molecule has 1 amide bonds. The minimum Gasteiger partial charge on any atom is -0.336 e. The van der Waals surface area contributed by atoms with Crippen LogP contribution < -0.4 is 0 Å². The number of halogens is 1. The third-order valence-corrected chi connectivity index (χ3v) is 5.81. The van der Waals surface area contributed by atoms with Crippen molar-refractivity contribution < 1.29 is 4.79 Å². The molecule has 0 radical (unpaired) electrons. The molecule has 0 unspecified atom stereocenters. The Morgan fingerprint density at radius 3 is 2.67 bits per heavy atom. The molecule has 1 aromatic heterocycles. The van der Waals surface area contributed by atoms with Crippen molar-refractivity contribution in [2.45, 2.75) is 58.0 Å². The Labute approximate surface area is 152 Å². The SMILES string of the molecule is CCC(CC)N(C(=O)Cc1csc(-c2ccccc2Cl)n1)C1CC1. The summed E-state index contributed by atoms with van der Waals surface area (Å²) in [5.74, 6) is 0.210. The number of hydrogen-bond acceptors (Lipinski definition) is 3. The minimum absolute atomic E-state index is 0.210. The predicted molar refractivity (Wildman–Crippen MR) is 101 cm³/mol. The standard InChI is InChI=1S/C19H23ClN2OS/c1-3-14(4-2)22(15-9-10-15)18(23)11-13-12-24-19(21-13)16-7-5-6-8-17(16)20/h5-8,12,14-15H,3-4,9-11H2,1-2H3. The first-order chi connectivity index (χ1) is 11.6. The van der Waals surface area contributed by atoms with Gasteiger partial charge in [-0.15, -0.1) is 11.3 Å². The van der Waals surface area contributed by atoms with Crippen molar-refractivity contribution in [2.75, 3.05) is 0 Å². The number of carbonyl (C=O) groups excluding carboxylic acids is 1. The fourth-order valence-electron chi connectivity index (χ4n) is 3.13. The van der Waals surface area contributed by atoms with Crippen LogP contribution >= 0.6 is 22.9 Å². The Kier molecular flexibility index (Phi) is 5.57. The van der Waals surface area contributed by atoms with Gasteiger partial charge in [0.1, 0.15) is 5.01 Å². The van der Waals surface area contributed by atoms with Crippen molar-refractivity contribution in [1.82, 2.24) is 9.88 Å². The van der Waals surface area contributed by atoms with E-state index >= 15 is 0 Å². The van der Waals surface area contributed by atoms with Gasteiger partial charge in [0, 0.05) is 23.0 Å². The molecule has 0 aliphatic heterocycles. The van der Waals surface area contributed by atoms with Crippen molar-refractivity contribution in [3.63, 3.8) is 0 Å². The van der Waals surface area contributed by atoms with E-state index in [9.17, 15) is 4.79 Å². The van der Waals surface area contributed by atoms with Gasteiger partial charge in [-0.1, -0.05) is 43.6 Å². The van der Waals surface area contributed by atoms with E-state index in [0.29, 0.717) is 23.5 Å².